The fourth-order valence-corrected chi connectivity index (χ4v) is 2.48. The summed E-state index contributed by atoms with van der Waals surface area (Å²) in [4.78, 5) is 4.23. The zero-order valence-corrected chi connectivity index (χ0v) is 11.5. The van der Waals surface area contributed by atoms with Gasteiger partial charge in [0.1, 0.15) is 11.9 Å². The largest absolute Gasteiger partial charge is 0.441 e. The van der Waals surface area contributed by atoms with Gasteiger partial charge in [-0.3, -0.25) is 0 Å². The normalized spacial score (nSPS) is 13.8. The van der Waals surface area contributed by atoms with E-state index in [-0.39, 0.29) is 24.1 Å². The van der Waals surface area contributed by atoms with Crippen LogP contribution in [0.4, 0.5) is 18.9 Å². The smallest absolute Gasteiger partial charge is 0.399 e. The number of nitrogens with two attached hydrogens (primary N) is 1. The second-order valence-corrected chi connectivity index (χ2v) is 5.50. The van der Waals surface area contributed by atoms with Gasteiger partial charge in [0.2, 0.25) is 0 Å². The number of aryl methyl sites for hydroxylation is 1. The van der Waals surface area contributed by atoms with Gasteiger partial charge >= 0.3 is 5.51 Å². The molecule has 0 radical (unpaired) electrons. The molecule has 1 unspecified atom stereocenters. The van der Waals surface area contributed by atoms with Gasteiger partial charge < -0.3 is 15.4 Å². The minimum Gasteiger partial charge on any atom is -0.399 e. The zero-order chi connectivity index (χ0) is 14.9. The summed E-state index contributed by atoms with van der Waals surface area (Å²) in [6.07, 6.45) is -0.862. The molecule has 0 bridgehead atoms. The van der Waals surface area contributed by atoms with E-state index in [1.807, 2.05) is 0 Å². The third-order valence-electron chi connectivity index (χ3n) is 2.76. The van der Waals surface area contributed by atoms with E-state index in [0.717, 1.165) is 0 Å². The molecular formula is C12H14F3N3OS. The van der Waals surface area contributed by atoms with E-state index in [1.54, 1.807) is 22.8 Å². The predicted molar refractivity (Wildman–Crippen MR) is 73.3 cm³/mol. The molecular weight excluding hydrogens is 291 g/mol. The third-order valence-corrected chi connectivity index (χ3v) is 3.47. The molecule has 2 aromatic rings. The maximum atomic E-state index is 12.2. The fourth-order valence-electron chi connectivity index (χ4n) is 1.97. The molecule has 0 aliphatic rings. The molecule has 0 aliphatic carbocycles. The van der Waals surface area contributed by atoms with Crippen molar-refractivity contribution in [2.45, 2.75) is 25.1 Å². The Morgan fingerprint density at radius 1 is 1.45 bits per heavy atom. The van der Waals surface area contributed by atoms with Gasteiger partial charge in [-0.15, -0.1) is 0 Å². The lowest BCUT2D eigenvalue weighted by atomic mass is 10.3. The first-order chi connectivity index (χ1) is 9.28. The number of fused-ring (bicyclic) bond motifs is 1. The molecule has 8 heteroatoms. The highest BCUT2D eigenvalue weighted by Crippen LogP contribution is 2.31. The third kappa shape index (κ3) is 3.37. The second kappa shape index (κ2) is 5.53. The summed E-state index contributed by atoms with van der Waals surface area (Å²) in [5.41, 5.74) is 3.14. The van der Waals surface area contributed by atoms with Gasteiger partial charge in [0.25, 0.3) is 0 Å². The van der Waals surface area contributed by atoms with Gasteiger partial charge in [-0.1, -0.05) is 0 Å². The number of aliphatic hydroxyl groups excluding tert-OH is 1. The minimum absolute atomic E-state index is 0.0910. The van der Waals surface area contributed by atoms with Crippen molar-refractivity contribution in [1.29, 1.82) is 0 Å². The van der Waals surface area contributed by atoms with Crippen LogP contribution in [0, 0.1) is 0 Å². The molecule has 1 aromatic heterocycles. The Hall–Kier alpha value is -1.41. The van der Waals surface area contributed by atoms with Gasteiger partial charge in [-0.05, 0) is 36.9 Å². The molecule has 0 aliphatic heterocycles. The Kier molecular flexibility index (Phi) is 4.14. The maximum absolute atomic E-state index is 12.2. The molecule has 1 atom stereocenters. The number of nitrogens with zero attached hydrogens (tertiary/aromatic N) is 2. The molecule has 20 heavy (non-hydrogen) atoms. The van der Waals surface area contributed by atoms with Gasteiger partial charge in [-0.2, -0.15) is 13.2 Å². The number of rotatable bonds is 4. The van der Waals surface area contributed by atoms with Crippen molar-refractivity contribution in [3.8, 4) is 0 Å². The Morgan fingerprint density at radius 3 is 2.75 bits per heavy atom. The Balaban J connectivity index is 2.32. The van der Waals surface area contributed by atoms with E-state index in [1.165, 1.54) is 6.92 Å². The van der Waals surface area contributed by atoms with E-state index >= 15 is 0 Å². The van der Waals surface area contributed by atoms with Crippen molar-refractivity contribution < 1.29 is 18.3 Å². The van der Waals surface area contributed by atoms with Crippen LogP contribution in [0.5, 0.6) is 0 Å². The van der Waals surface area contributed by atoms with Crippen LogP contribution in [0.3, 0.4) is 0 Å². The molecule has 4 nitrogen and oxygen atoms in total. The van der Waals surface area contributed by atoms with Crippen LogP contribution in [-0.2, 0) is 6.54 Å². The summed E-state index contributed by atoms with van der Waals surface area (Å²) >= 11 is -0.0910. The summed E-state index contributed by atoms with van der Waals surface area (Å²) in [6.45, 7) is 1.64. The highest BCUT2D eigenvalue weighted by molar-refractivity contribution is 8.00. The van der Waals surface area contributed by atoms with Crippen molar-refractivity contribution >= 4 is 28.5 Å². The monoisotopic (exact) mass is 305 g/mol. The van der Waals surface area contributed by atoms with Crippen LogP contribution in [0.2, 0.25) is 0 Å². The van der Waals surface area contributed by atoms with Crippen LogP contribution < -0.4 is 5.73 Å². The van der Waals surface area contributed by atoms with Crippen molar-refractivity contribution in [1.82, 2.24) is 9.55 Å². The van der Waals surface area contributed by atoms with E-state index < -0.39 is 11.6 Å². The first kappa shape index (κ1) is 15.0. The lowest BCUT2D eigenvalue weighted by Gasteiger charge is -2.11. The molecule has 110 valence electrons. The summed E-state index contributed by atoms with van der Waals surface area (Å²) in [5, 5.41) is 9.69. The number of nitrogen functional groups attached to an aromatic ring is 1. The number of halogens is 3. The summed E-state index contributed by atoms with van der Waals surface area (Å²) in [7, 11) is 0. The zero-order valence-electron chi connectivity index (χ0n) is 10.7. The topological polar surface area (TPSA) is 64.1 Å². The number of hydrogen-bond acceptors (Lipinski definition) is 4. The van der Waals surface area contributed by atoms with Crippen LogP contribution >= 0.6 is 11.8 Å². The molecule has 0 amide bonds. The Bertz CT molecular complexity index is 610. The number of anilines is 1. The molecule has 0 spiro atoms. The van der Waals surface area contributed by atoms with E-state index in [2.05, 4.69) is 4.98 Å². The summed E-state index contributed by atoms with van der Waals surface area (Å²) < 4.78 is 38.1. The average Bonchev–Trinajstić information content (AvgIpc) is 2.66. The van der Waals surface area contributed by atoms with E-state index in [0.29, 0.717) is 22.5 Å². The molecule has 0 fully saturated rings. The summed E-state index contributed by atoms with van der Waals surface area (Å²) in [5.74, 6) is 0.201. The number of alkyl halides is 3. The van der Waals surface area contributed by atoms with Gasteiger partial charge in [0, 0.05) is 18.0 Å². The number of aromatic nitrogens is 2. The highest BCUT2D eigenvalue weighted by Gasteiger charge is 2.28. The van der Waals surface area contributed by atoms with Crippen molar-refractivity contribution in [3.05, 3.63) is 24.0 Å². The molecule has 0 saturated heterocycles. The van der Waals surface area contributed by atoms with Gasteiger partial charge in [0.05, 0.1) is 11.0 Å². The number of hydrogen-bond donors (Lipinski definition) is 2. The predicted octanol–water partition coefficient (Wildman–Crippen LogP) is 2.92. The van der Waals surface area contributed by atoms with Gasteiger partial charge in [0.15, 0.2) is 0 Å². The number of thioether (sulfide) groups is 1. The highest BCUT2D eigenvalue weighted by atomic mass is 32.2. The number of aliphatic hydroxyl groups is 1. The van der Waals surface area contributed by atoms with Crippen LogP contribution in [0.15, 0.2) is 18.2 Å². The molecule has 0 saturated carbocycles. The quantitative estimate of drug-likeness (QED) is 0.853. The number of imidazole rings is 1. The van der Waals surface area contributed by atoms with Crippen LogP contribution in [-0.4, -0.2) is 25.9 Å². The van der Waals surface area contributed by atoms with Crippen LogP contribution in [0.1, 0.15) is 18.9 Å². The molecule has 1 aromatic carbocycles. The first-order valence-electron chi connectivity index (χ1n) is 5.92. The van der Waals surface area contributed by atoms with Crippen LogP contribution in [0.25, 0.3) is 11.0 Å². The molecule has 1 heterocycles. The maximum Gasteiger partial charge on any atom is 0.441 e. The Labute approximate surface area is 117 Å². The SMILES string of the molecule is CC(O)c1nc2cc(N)ccc2n1CCSC(F)(F)F. The van der Waals surface area contributed by atoms with Crippen molar-refractivity contribution in [2.24, 2.45) is 0 Å². The fraction of sp³-hybridized carbons (Fsp3) is 0.417. The minimum atomic E-state index is -4.26. The van der Waals surface area contributed by atoms with Crippen molar-refractivity contribution in [2.75, 3.05) is 11.5 Å². The van der Waals surface area contributed by atoms with Gasteiger partial charge in [-0.25, -0.2) is 4.98 Å². The first-order valence-corrected chi connectivity index (χ1v) is 6.91. The number of benzene rings is 1. The second-order valence-electron chi connectivity index (χ2n) is 4.34. The summed E-state index contributed by atoms with van der Waals surface area (Å²) in [6, 6.07) is 4.99. The average molecular weight is 305 g/mol. The lowest BCUT2D eigenvalue weighted by molar-refractivity contribution is -0.0328. The molecule has 2 rings (SSSR count). The Morgan fingerprint density at radius 2 is 2.15 bits per heavy atom. The van der Waals surface area contributed by atoms with Crippen molar-refractivity contribution in [3.63, 3.8) is 0 Å². The van der Waals surface area contributed by atoms with E-state index in [4.69, 9.17) is 5.73 Å². The molecule has 3 N–H and O–H groups in total. The standard InChI is InChI=1S/C12H14F3N3OS/c1-7(19)11-17-9-6-8(16)2-3-10(9)18(11)4-5-20-12(13,14)15/h2-3,6-7,19H,4-5,16H2,1H3. The van der Waals surface area contributed by atoms with E-state index in [9.17, 15) is 18.3 Å². The lowest BCUT2D eigenvalue weighted by Crippen LogP contribution is -2.11.